The van der Waals surface area contributed by atoms with E-state index >= 15 is 0 Å². The molecular weight excluding hydrogens is 556 g/mol. The predicted molar refractivity (Wildman–Crippen MR) is 167 cm³/mol. The molecule has 1 aromatic carbocycles. The number of carbonyl (C=O) groups is 1. The molecule has 6 heterocycles. The van der Waals surface area contributed by atoms with Crippen LogP contribution in [0.25, 0.3) is 28.0 Å². The van der Waals surface area contributed by atoms with Gasteiger partial charge >= 0.3 is 0 Å². The number of nitrogen functional groups attached to an aromatic ring is 1. The molecule has 0 spiro atoms. The molecule has 4 aromatic heterocycles. The quantitative estimate of drug-likeness (QED) is 0.301. The van der Waals surface area contributed by atoms with Gasteiger partial charge in [-0.15, -0.1) is 0 Å². The largest absolute Gasteiger partial charge is 0.382 e. The average Bonchev–Trinajstić information content (AvgIpc) is 3.72. The van der Waals surface area contributed by atoms with E-state index in [1.165, 1.54) is 6.33 Å². The number of benzene rings is 1. The Kier molecular flexibility index (Phi) is 7.65. The van der Waals surface area contributed by atoms with Crippen LogP contribution in [0.4, 0.5) is 11.5 Å². The summed E-state index contributed by atoms with van der Waals surface area (Å²) in [5.41, 5.74) is 13.0. The van der Waals surface area contributed by atoms with E-state index in [9.17, 15) is 4.79 Å². The van der Waals surface area contributed by atoms with E-state index in [0.29, 0.717) is 11.5 Å². The van der Waals surface area contributed by atoms with Crippen LogP contribution in [-0.4, -0.2) is 84.5 Å². The molecule has 0 atom stereocenters. The van der Waals surface area contributed by atoms with Crippen LogP contribution in [0.3, 0.4) is 0 Å². The van der Waals surface area contributed by atoms with Crippen molar-refractivity contribution in [1.29, 1.82) is 0 Å². The van der Waals surface area contributed by atoms with Crippen LogP contribution in [0.1, 0.15) is 37.4 Å². The van der Waals surface area contributed by atoms with Gasteiger partial charge in [-0.05, 0) is 49.9 Å². The van der Waals surface area contributed by atoms with Crippen molar-refractivity contribution in [3.05, 3.63) is 73.2 Å². The van der Waals surface area contributed by atoms with Gasteiger partial charge in [-0.3, -0.25) is 19.4 Å². The number of nitrogens with two attached hydrogens (primary N) is 1. The van der Waals surface area contributed by atoms with E-state index in [2.05, 4.69) is 60.0 Å². The summed E-state index contributed by atoms with van der Waals surface area (Å²) < 4.78 is 9.59. The lowest BCUT2D eigenvalue weighted by Crippen LogP contribution is -2.46. The average molecular weight is 593 g/mol. The number of likely N-dealkylation sites (N-methyl/N-ethyl adjacent to an activating group) is 1. The number of hydrogen-bond acceptors (Lipinski definition) is 9. The van der Waals surface area contributed by atoms with Crippen molar-refractivity contribution in [2.75, 3.05) is 44.0 Å². The number of nitrogens with zero attached hydrogens (tertiary/aromatic N) is 9. The molecule has 226 valence electrons. The minimum absolute atomic E-state index is 0.0706. The van der Waals surface area contributed by atoms with Crippen molar-refractivity contribution in [3.8, 4) is 22.5 Å². The molecule has 12 heteroatoms. The first kappa shape index (κ1) is 28.0. The highest BCUT2D eigenvalue weighted by Gasteiger charge is 2.27. The second-order valence-electron chi connectivity index (χ2n) is 11.5. The number of piperidine rings is 1. The van der Waals surface area contributed by atoms with Gasteiger partial charge in [0.05, 0.1) is 29.5 Å². The zero-order valence-electron chi connectivity index (χ0n) is 24.8. The maximum atomic E-state index is 12.9. The summed E-state index contributed by atoms with van der Waals surface area (Å²) in [5, 5.41) is 9.32. The fourth-order valence-electron chi connectivity index (χ4n) is 6.49. The van der Waals surface area contributed by atoms with Crippen LogP contribution in [0.15, 0.2) is 67.5 Å². The van der Waals surface area contributed by atoms with Crippen LogP contribution >= 0.6 is 0 Å². The van der Waals surface area contributed by atoms with Crippen LogP contribution < -0.4 is 10.6 Å². The van der Waals surface area contributed by atoms with Crippen molar-refractivity contribution in [2.24, 2.45) is 0 Å². The second kappa shape index (κ2) is 12.0. The zero-order chi connectivity index (χ0) is 30.0. The Morgan fingerprint density at radius 2 is 1.84 bits per heavy atom. The molecule has 0 bridgehead atoms. The normalized spacial score (nSPS) is 16.4. The summed E-state index contributed by atoms with van der Waals surface area (Å²) in [6.45, 7) is 3.18. The lowest BCUT2D eigenvalue weighted by atomic mass is 10.0. The molecular formula is C32H36N10O2. The molecule has 12 nitrogen and oxygen atoms in total. The standard InChI is InChI=1S/C32H36N10O2/c1-39(30(43)18-23-20-34-11-12-35-23)24-6-13-40(14-7-24)26-4-2-3-22(17-26)29-19-27(31-32(33)36-21-38-42(29)31)28-5-10-37-41(28)25-8-15-44-16-9-25/h2-5,10-12,17,19-21,24-25H,6-9,13-16,18H2,1H3,(H2,33,36,38). The van der Waals surface area contributed by atoms with Gasteiger partial charge < -0.3 is 20.3 Å². The SMILES string of the molecule is CN(C(=O)Cc1cnccn1)C1CCN(c2cccc(-c3cc(-c4ccnn4C4CCOCC4)c4c(N)ncnn34)c2)CC1. The maximum Gasteiger partial charge on any atom is 0.228 e. The molecule has 5 aromatic rings. The van der Waals surface area contributed by atoms with E-state index < -0.39 is 0 Å². The second-order valence-corrected chi connectivity index (χ2v) is 11.5. The smallest absolute Gasteiger partial charge is 0.228 e. The first-order valence-corrected chi connectivity index (χ1v) is 15.2. The van der Waals surface area contributed by atoms with E-state index in [-0.39, 0.29) is 24.4 Å². The Labute approximate surface area is 255 Å². The molecule has 0 saturated carbocycles. The highest BCUT2D eigenvalue weighted by molar-refractivity contribution is 5.91. The molecule has 7 rings (SSSR count). The van der Waals surface area contributed by atoms with Crippen molar-refractivity contribution in [2.45, 2.75) is 44.2 Å². The summed E-state index contributed by atoms with van der Waals surface area (Å²) in [5.74, 6) is 0.499. The van der Waals surface area contributed by atoms with E-state index in [0.717, 1.165) is 85.7 Å². The number of amides is 1. The minimum Gasteiger partial charge on any atom is -0.382 e. The summed E-state index contributed by atoms with van der Waals surface area (Å²) in [4.78, 5) is 29.8. The fraction of sp³-hybridized carbons (Fsp3) is 0.375. The van der Waals surface area contributed by atoms with Gasteiger partial charge in [0.15, 0.2) is 5.82 Å². The Hall–Kier alpha value is -4.84. The van der Waals surface area contributed by atoms with Crippen LogP contribution in [0, 0.1) is 0 Å². The fourth-order valence-corrected chi connectivity index (χ4v) is 6.49. The van der Waals surface area contributed by atoms with Crippen molar-refractivity contribution in [3.63, 3.8) is 0 Å². The van der Waals surface area contributed by atoms with Gasteiger partial charge in [0.1, 0.15) is 11.8 Å². The van der Waals surface area contributed by atoms with E-state index in [1.807, 2.05) is 28.7 Å². The molecule has 0 aliphatic carbocycles. The third kappa shape index (κ3) is 5.37. The highest BCUT2D eigenvalue weighted by Crippen LogP contribution is 2.37. The molecule has 2 aliphatic heterocycles. The molecule has 2 N–H and O–H groups in total. The Balaban J connectivity index is 1.12. The summed E-state index contributed by atoms with van der Waals surface area (Å²) in [7, 11) is 1.90. The minimum atomic E-state index is 0.0706. The number of fused-ring (bicyclic) bond motifs is 1. The lowest BCUT2D eigenvalue weighted by Gasteiger charge is -2.38. The van der Waals surface area contributed by atoms with Crippen LogP contribution in [-0.2, 0) is 16.0 Å². The Morgan fingerprint density at radius 3 is 2.64 bits per heavy atom. The van der Waals surface area contributed by atoms with Crippen LogP contribution in [0.5, 0.6) is 0 Å². The van der Waals surface area contributed by atoms with Crippen molar-refractivity contribution >= 4 is 22.9 Å². The molecule has 44 heavy (non-hydrogen) atoms. The first-order chi connectivity index (χ1) is 21.6. The zero-order valence-corrected chi connectivity index (χ0v) is 24.8. The third-order valence-corrected chi connectivity index (χ3v) is 8.93. The lowest BCUT2D eigenvalue weighted by molar-refractivity contribution is -0.131. The molecule has 2 fully saturated rings. The monoisotopic (exact) mass is 592 g/mol. The van der Waals surface area contributed by atoms with E-state index in [4.69, 9.17) is 15.6 Å². The molecule has 2 aliphatic rings. The Bertz CT molecular complexity index is 1750. The topological polar surface area (TPSA) is 133 Å². The first-order valence-electron chi connectivity index (χ1n) is 15.2. The van der Waals surface area contributed by atoms with Gasteiger partial charge in [0.25, 0.3) is 0 Å². The van der Waals surface area contributed by atoms with Crippen molar-refractivity contribution < 1.29 is 9.53 Å². The number of carbonyl (C=O) groups excluding carboxylic acids is 1. The van der Waals surface area contributed by atoms with Gasteiger partial charge in [-0.1, -0.05) is 12.1 Å². The highest BCUT2D eigenvalue weighted by atomic mass is 16.5. The van der Waals surface area contributed by atoms with Crippen LogP contribution in [0.2, 0.25) is 0 Å². The number of hydrogen-bond donors (Lipinski definition) is 1. The number of ether oxygens (including phenoxy) is 1. The number of aromatic nitrogens is 7. The van der Waals surface area contributed by atoms with Gasteiger partial charge in [0, 0.05) is 81.0 Å². The number of rotatable bonds is 7. The molecule has 0 radical (unpaired) electrons. The van der Waals surface area contributed by atoms with Crippen molar-refractivity contribution in [1.82, 2.24) is 39.2 Å². The predicted octanol–water partition coefficient (Wildman–Crippen LogP) is 3.65. The maximum absolute atomic E-state index is 12.9. The molecule has 1 amide bonds. The van der Waals surface area contributed by atoms with Gasteiger partial charge in [-0.2, -0.15) is 10.2 Å². The van der Waals surface area contributed by atoms with Gasteiger partial charge in [0.2, 0.25) is 5.91 Å². The summed E-state index contributed by atoms with van der Waals surface area (Å²) in [6, 6.07) is 13.2. The summed E-state index contributed by atoms with van der Waals surface area (Å²) in [6.07, 6.45) is 12.1. The summed E-state index contributed by atoms with van der Waals surface area (Å²) >= 11 is 0. The van der Waals surface area contributed by atoms with Gasteiger partial charge in [-0.25, -0.2) is 9.50 Å². The third-order valence-electron chi connectivity index (χ3n) is 8.93. The van der Waals surface area contributed by atoms with E-state index in [1.54, 1.807) is 18.6 Å². The Morgan fingerprint density at radius 1 is 1.00 bits per heavy atom. The number of anilines is 2. The molecule has 2 saturated heterocycles. The molecule has 0 unspecified atom stereocenters.